The Morgan fingerprint density at radius 2 is 2.27 bits per heavy atom. The molecule has 0 heterocycles. The standard InChI is InChI=1S/C5H12N4O2/c1-3(9-5(6)7)8-2-4(10)11/h3,8H,2H2,1H3,(H,10,11)(H4,6,7,9). The van der Waals surface area contributed by atoms with Gasteiger partial charge in [0.25, 0.3) is 0 Å². The van der Waals surface area contributed by atoms with Gasteiger partial charge in [-0.1, -0.05) is 0 Å². The molecule has 6 nitrogen and oxygen atoms in total. The van der Waals surface area contributed by atoms with E-state index in [1.54, 1.807) is 6.92 Å². The number of nitrogens with one attached hydrogen (secondary N) is 1. The molecule has 6 N–H and O–H groups in total. The summed E-state index contributed by atoms with van der Waals surface area (Å²) in [4.78, 5) is 13.7. The number of hydrogen-bond acceptors (Lipinski definition) is 3. The molecule has 11 heavy (non-hydrogen) atoms. The van der Waals surface area contributed by atoms with Crippen LogP contribution in [0.3, 0.4) is 0 Å². The van der Waals surface area contributed by atoms with Crippen LogP contribution in [0, 0.1) is 0 Å². The second-order valence-electron chi connectivity index (χ2n) is 2.00. The van der Waals surface area contributed by atoms with Crippen molar-refractivity contribution in [2.45, 2.75) is 13.1 Å². The predicted molar refractivity (Wildman–Crippen MR) is 40.9 cm³/mol. The number of nitrogens with two attached hydrogens (primary N) is 2. The number of aliphatic carboxylic acids is 1. The molecule has 0 saturated heterocycles. The molecule has 0 aromatic rings. The number of aliphatic imine (C=N–C) groups is 1. The average Bonchev–Trinajstić information content (AvgIpc) is 1.82. The van der Waals surface area contributed by atoms with Crippen molar-refractivity contribution in [3.8, 4) is 0 Å². The van der Waals surface area contributed by atoms with Crippen molar-refractivity contribution < 1.29 is 9.90 Å². The molecule has 0 rings (SSSR count). The first-order valence-electron chi connectivity index (χ1n) is 3.06. The fourth-order valence-electron chi connectivity index (χ4n) is 0.504. The summed E-state index contributed by atoms with van der Waals surface area (Å²) in [6, 6.07) is 0. The van der Waals surface area contributed by atoms with Crippen LogP contribution in [0.15, 0.2) is 4.99 Å². The van der Waals surface area contributed by atoms with Gasteiger partial charge < -0.3 is 16.6 Å². The Kier molecular flexibility index (Phi) is 3.97. The fourth-order valence-corrected chi connectivity index (χ4v) is 0.504. The highest BCUT2D eigenvalue weighted by Crippen LogP contribution is 1.80. The van der Waals surface area contributed by atoms with Crippen molar-refractivity contribution in [3.05, 3.63) is 0 Å². The van der Waals surface area contributed by atoms with Gasteiger partial charge in [0.2, 0.25) is 0 Å². The monoisotopic (exact) mass is 160 g/mol. The molecule has 1 atom stereocenters. The van der Waals surface area contributed by atoms with E-state index >= 15 is 0 Å². The normalized spacial score (nSPS) is 12.1. The molecular weight excluding hydrogens is 148 g/mol. The molecule has 0 saturated carbocycles. The minimum atomic E-state index is -0.942. The molecule has 0 aromatic heterocycles. The lowest BCUT2D eigenvalue weighted by Gasteiger charge is -2.05. The number of nitrogens with zero attached hydrogens (tertiary/aromatic N) is 1. The lowest BCUT2D eigenvalue weighted by molar-refractivity contribution is -0.136. The lowest BCUT2D eigenvalue weighted by atomic mass is 10.5. The highest BCUT2D eigenvalue weighted by atomic mass is 16.4. The third-order valence-corrected chi connectivity index (χ3v) is 0.891. The zero-order chi connectivity index (χ0) is 8.85. The summed E-state index contributed by atoms with van der Waals surface area (Å²) < 4.78 is 0. The summed E-state index contributed by atoms with van der Waals surface area (Å²) in [6.07, 6.45) is -0.365. The minimum Gasteiger partial charge on any atom is -0.480 e. The SMILES string of the molecule is CC(N=C(N)N)NCC(=O)O. The predicted octanol–water partition coefficient (Wildman–Crippen LogP) is -1.72. The molecule has 0 aliphatic heterocycles. The van der Waals surface area contributed by atoms with Crippen LogP contribution in [-0.4, -0.2) is 29.7 Å². The molecule has 0 amide bonds. The summed E-state index contributed by atoms with van der Waals surface area (Å²) in [6.45, 7) is 1.50. The number of rotatable bonds is 4. The highest BCUT2D eigenvalue weighted by molar-refractivity contribution is 5.75. The first kappa shape index (κ1) is 9.70. The van der Waals surface area contributed by atoms with Gasteiger partial charge >= 0.3 is 5.97 Å². The van der Waals surface area contributed by atoms with E-state index in [1.165, 1.54) is 0 Å². The number of carboxylic acids is 1. The van der Waals surface area contributed by atoms with Crippen LogP contribution in [-0.2, 0) is 4.79 Å². The van der Waals surface area contributed by atoms with Gasteiger partial charge in [0, 0.05) is 0 Å². The Labute approximate surface area is 64.3 Å². The van der Waals surface area contributed by atoms with Gasteiger partial charge in [0.15, 0.2) is 5.96 Å². The molecule has 0 fully saturated rings. The second kappa shape index (κ2) is 4.51. The number of carboxylic acid groups (broad SMARTS) is 1. The Morgan fingerprint density at radius 1 is 1.73 bits per heavy atom. The van der Waals surface area contributed by atoms with E-state index in [1.807, 2.05) is 0 Å². The quantitative estimate of drug-likeness (QED) is 0.288. The maximum absolute atomic E-state index is 10.0. The third-order valence-electron chi connectivity index (χ3n) is 0.891. The fraction of sp³-hybridized carbons (Fsp3) is 0.600. The van der Waals surface area contributed by atoms with Crippen molar-refractivity contribution in [2.24, 2.45) is 16.5 Å². The van der Waals surface area contributed by atoms with Crippen LogP contribution in [0.5, 0.6) is 0 Å². The van der Waals surface area contributed by atoms with Crippen LogP contribution in [0.4, 0.5) is 0 Å². The maximum atomic E-state index is 10.0. The largest absolute Gasteiger partial charge is 0.480 e. The van der Waals surface area contributed by atoms with Crippen LogP contribution in [0.1, 0.15) is 6.92 Å². The minimum absolute atomic E-state index is 0.0598. The van der Waals surface area contributed by atoms with E-state index < -0.39 is 5.97 Å². The Bertz CT molecular complexity index is 164. The molecule has 0 bridgehead atoms. The van der Waals surface area contributed by atoms with Crippen LogP contribution >= 0.6 is 0 Å². The molecule has 0 aliphatic rings. The number of carbonyl (C=O) groups is 1. The molecule has 0 aromatic carbocycles. The van der Waals surface area contributed by atoms with Crippen LogP contribution < -0.4 is 16.8 Å². The summed E-state index contributed by atoms with van der Waals surface area (Å²) in [5.74, 6) is -1.00. The van der Waals surface area contributed by atoms with Gasteiger partial charge in [-0.25, -0.2) is 4.99 Å². The van der Waals surface area contributed by atoms with Crippen LogP contribution in [0.25, 0.3) is 0 Å². The number of guanidine groups is 1. The Morgan fingerprint density at radius 3 is 2.64 bits per heavy atom. The van der Waals surface area contributed by atoms with Gasteiger partial charge in [0.1, 0.15) is 6.17 Å². The van der Waals surface area contributed by atoms with Crippen molar-refractivity contribution in [1.82, 2.24) is 5.32 Å². The molecule has 0 radical (unpaired) electrons. The molecule has 64 valence electrons. The van der Waals surface area contributed by atoms with E-state index in [4.69, 9.17) is 16.6 Å². The van der Waals surface area contributed by atoms with Gasteiger partial charge in [0.05, 0.1) is 6.54 Å². The first-order valence-corrected chi connectivity index (χ1v) is 3.06. The molecule has 1 unspecified atom stereocenters. The van der Waals surface area contributed by atoms with Crippen molar-refractivity contribution in [1.29, 1.82) is 0 Å². The zero-order valence-electron chi connectivity index (χ0n) is 6.24. The maximum Gasteiger partial charge on any atom is 0.317 e. The van der Waals surface area contributed by atoms with E-state index in [2.05, 4.69) is 10.3 Å². The summed E-state index contributed by atoms with van der Waals surface area (Å²) in [7, 11) is 0. The Balaban J connectivity index is 3.61. The summed E-state index contributed by atoms with van der Waals surface area (Å²) in [5, 5.41) is 10.8. The van der Waals surface area contributed by atoms with E-state index in [-0.39, 0.29) is 18.7 Å². The topological polar surface area (TPSA) is 114 Å². The van der Waals surface area contributed by atoms with Gasteiger partial charge in [-0.15, -0.1) is 0 Å². The first-order chi connectivity index (χ1) is 5.02. The molecular formula is C5H12N4O2. The second-order valence-corrected chi connectivity index (χ2v) is 2.00. The molecule has 0 aliphatic carbocycles. The van der Waals surface area contributed by atoms with Crippen molar-refractivity contribution >= 4 is 11.9 Å². The van der Waals surface area contributed by atoms with Crippen molar-refractivity contribution in [3.63, 3.8) is 0 Å². The van der Waals surface area contributed by atoms with Gasteiger partial charge in [-0.2, -0.15) is 0 Å². The van der Waals surface area contributed by atoms with Crippen molar-refractivity contribution in [2.75, 3.05) is 6.54 Å². The zero-order valence-corrected chi connectivity index (χ0v) is 6.24. The van der Waals surface area contributed by atoms with E-state index in [0.29, 0.717) is 0 Å². The third kappa shape index (κ3) is 6.59. The van der Waals surface area contributed by atoms with Gasteiger partial charge in [-0.3, -0.25) is 10.1 Å². The smallest absolute Gasteiger partial charge is 0.317 e. The summed E-state index contributed by atoms with van der Waals surface area (Å²) in [5.41, 5.74) is 10.1. The Hall–Kier alpha value is -1.30. The van der Waals surface area contributed by atoms with E-state index in [9.17, 15) is 4.79 Å². The van der Waals surface area contributed by atoms with Gasteiger partial charge in [-0.05, 0) is 6.92 Å². The van der Waals surface area contributed by atoms with E-state index in [0.717, 1.165) is 0 Å². The summed E-state index contributed by atoms with van der Waals surface area (Å²) >= 11 is 0. The highest BCUT2D eigenvalue weighted by Gasteiger charge is 2.00. The van der Waals surface area contributed by atoms with Crippen LogP contribution in [0.2, 0.25) is 0 Å². The average molecular weight is 160 g/mol. The number of hydrogen-bond donors (Lipinski definition) is 4. The molecule has 6 heteroatoms. The lowest BCUT2D eigenvalue weighted by Crippen LogP contribution is -2.34. The molecule has 0 spiro atoms.